The van der Waals surface area contributed by atoms with Crippen molar-refractivity contribution in [3.05, 3.63) is 48.6 Å². The standard InChI is InChI=1S/C69H129NO5/c1-3-5-7-9-11-13-15-17-19-21-23-24-25-26-27-29-33-37-41-45-49-53-57-61-67(72)66(65-71)70-68(73)62-58-54-50-46-42-38-34-30-28-32-36-40-44-48-52-56-60-64-75-69(74)63-59-55-51-47-43-39-35-31-22-20-18-16-14-12-10-8-6-4-2/h20,22,28,32,40,44,57,61,66-67,71-72H,3-19,21,23-27,29-31,33-39,41-43,45-56,58-60,62-65H2,1-2H3,(H,70,73)/b22-20-,32-28-,44-40-,61-57+. The molecule has 0 heterocycles. The highest BCUT2D eigenvalue weighted by atomic mass is 16.5. The van der Waals surface area contributed by atoms with Gasteiger partial charge in [0.05, 0.1) is 25.4 Å². The smallest absolute Gasteiger partial charge is 0.305 e. The zero-order valence-electron chi connectivity index (χ0n) is 50.3. The molecule has 0 aromatic heterocycles. The molecule has 0 aromatic carbocycles. The van der Waals surface area contributed by atoms with E-state index >= 15 is 0 Å². The molecule has 0 saturated carbocycles. The predicted octanol–water partition coefficient (Wildman–Crippen LogP) is 21.3. The highest BCUT2D eigenvalue weighted by Crippen LogP contribution is 2.17. The molecule has 6 heteroatoms. The summed E-state index contributed by atoms with van der Waals surface area (Å²) in [5, 5.41) is 23.2. The average molecular weight is 1050 g/mol. The molecule has 3 N–H and O–H groups in total. The first kappa shape index (κ1) is 72.8. The molecule has 2 unspecified atom stereocenters. The van der Waals surface area contributed by atoms with Crippen LogP contribution < -0.4 is 5.32 Å². The summed E-state index contributed by atoms with van der Waals surface area (Å²) >= 11 is 0. The van der Waals surface area contributed by atoms with Gasteiger partial charge in [-0.15, -0.1) is 0 Å². The van der Waals surface area contributed by atoms with Crippen molar-refractivity contribution in [3.63, 3.8) is 0 Å². The number of unbranched alkanes of at least 4 members (excludes halogenated alkanes) is 45. The zero-order chi connectivity index (χ0) is 54.3. The van der Waals surface area contributed by atoms with Gasteiger partial charge in [-0.05, 0) is 96.3 Å². The number of aliphatic hydroxyl groups is 2. The number of aliphatic hydroxyl groups excluding tert-OH is 2. The molecule has 0 rings (SSSR count). The minimum absolute atomic E-state index is 0.0190. The van der Waals surface area contributed by atoms with Gasteiger partial charge >= 0.3 is 5.97 Å². The molecule has 0 aliphatic carbocycles. The Morgan fingerprint density at radius 1 is 0.373 bits per heavy atom. The van der Waals surface area contributed by atoms with Crippen molar-refractivity contribution >= 4 is 11.9 Å². The van der Waals surface area contributed by atoms with Crippen LogP contribution >= 0.6 is 0 Å². The summed E-state index contributed by atoms with van der Waals surface area (Å²) in [5.41, 5.74) is 0. The Hall–Kier alpha value is -2.18. The van der Waals surface area contributed by atoms with Gasteiger partial charge in [0, 0.05) is 12.8 Å². The third kappa shape index (κ3) is 60.9. The van der Waals surface area contributed by atoms with Crippen LogP contribution in [0.2, 0.25) is 0 Å². The molecule has 6 nitrogen and oxygen atoms in total. The van der Waals surface area contributed by atoms with Gasteiger partial charge in [-0.1, -0.05) is 294 Å². The summed E-state index contributed by atoms with van der Waals surface area (Å²) in [5.74, 6) is -0.101. The maximum absolute atomic E-state index is 12.5. The Balaban J connectivity index is 3.51. The van der Waals surface area contributed by atoms with E-state index in [0.29, 0.717) is 19.4 Å². The fourth-order valence-electron chi connectivity index (χ4n) is 10.2. The lowest BCUT2D eigenvalue weighted by Gasteiger charge is -2.20. The highest BCUT2D eigenvalue weighted by molar-refractivity contribution is 5.76. The molecule has 0 radical (unpaired) electrons. The SMILES string of the molecule is CCCCCCCCC/C=C\CCCCCCCCCC(=O)OCCCCC/C=C\C/C=C\CCCCCCCCCC(=O)NC(CO)C(O)/C=C/CCCCCCCCCCCCCCCCCCCCCCC. The topological polar surface area (TPSA) is 95.9 Å². The van der Waals surface area contributed by atoms with Gasteiger partial charge in [0.25, 0.3) is 0 Å². The van der Waals surface area contributed by atoms with E-state index in [-0.39, 0.29) is 18.5 Å². The minimum atomic E-state index is -0.858. The summed E-state index contributed by atoms with van der Waals surface area (Å²) in [6.45, 7) is 4.88. The number of rotatable bonds is 62. The van der Waals surface area contributed by atoms with Gasteiger partial charge in [0.15, 0.2) is 0 Å². The lowest BCUT2D eigenvalue weighted by atomic mass is 10.0. The Kier molecular flexibility index (Phi) is 62.5. The van der Waals surface area contributed by atoms with E-state index in [0.717, 1.165) is 83.5 Å². The fraction of sp³-hybridized carbons (Fsp3) is 0.855. The number of hydrogen-bond donors (Lipinski definition) is 3. The van der Waals surface area contributed by atoms with Crippen molar-refractivity contribution in [1.29, 1.82) is 0 Å². The maximum atomic E-state index is 12.5. The van der Waals surface area contributed by atoms with Crippen LogP contribution in [-0.2, 0) is 14.3 Å². The molecule has 0 bridgehead atoms. The van der Waals surface area contributed by atoms with Gasteiger partial charge in [0.1, 0.15) is 0 Å². The van der Waals surface area contributed by atoms with Crippen LogP contribution in [0, 0.1) is 0 Å². The molecule has 0 saturated heterocycles. The van der Waals surface area contributed by atoms with Gasteiger partial charge in [-0.3, -0.25) is 9.59 Å². The molecular formula is C69H129NO5. The largest absolute Gasteiger partial charge is 0.466 e. The predicted molar refractivity (Wildman–Crippen MR) is 329 cm³/mol. The second-order valence-corrected chi connectivity index (χ2v) is 22.8. The monoisotopic (exact) mass is 1050 g/mol. The molecule has 1 amide bonds. The van der Waals surface area contributed by atoms with Gasteiger partial charge < -0.3 is 20.3 Å². The maximum Gasteiger partial charge on any atom is 0.305 e. The summed E-state index contributed by atoms with van der Waals surface area (Å²) in [6.07, 6.45) is 83.1. The van der Waals surface area contributed by atoms with E-state index in [1.165, 1.54) is 244 Å². The number of amides is 1. The summed E-state index contributed by atoms with van der Waals surface area (Å²) in [4.78, 5) is 24.6. The quantitative estimate of drug-likeness (QED) is 0.0320. The van der Waals surface area contributed by atoms with Crippen LogP contribution in [0.15, 0.2) is 48.6 Å². The van der Waals surface area contributed by atoms with E-state index < -0.39 is 12.1 Å². The molecule has 440 valence electrons. The summed E-state index contributed by atoms with van der Waals surface area (Å²) in [7, 11) is 0. The molecule has 0 aliphatic heterocycles. The Labute approximate surface area is 467 Å². The van der Waals surface area contributed by atoms with E-state index in [4.69, 9.17) is 4.74 Å². The van der Waals surface area contributed by atoms with E-state index in [1.54, 1.807) is 6.08 Å². The third-order valence-corrected chi connectivity index (χ3v) is 15.3. The van der Waals surface area contributed by atoms with Crippen LogP contribution in [0.4, 0.5) is 0 Å². The number of esters is 1. The van der Waals surface area contributed by atoms with Gasteiger partial charge in [0.2, 0.25) is 5.91 Å². The first-order valence-corrected chi connectivity index (χ1v) is 33.4. The molecule has 0 aromatic rings. The second kappa shape index (κ2) is 64.3. The average Bonchev–Trinajstić information content (AvgIpc) is 3.41. The first-order valence-electron chi connectivity index (χ1n) is 33.4. The van der Waals surface area contributed by atoms with Crippen molar-refractivity contribution in [2.75, 3.05) is 13.2 Å². The number of ether oxygens (including phenoxy) is 1. The van der Waals surface area contributed by atoms with Crippen molar-refractivity contribution in [2.45, 2.75) is 366 Å². The molecule has 0 spiro atoms. The lowest BCUT2D eigenvalue weighted by molar-refractivity contribution is -0.143. The number of carbonyl (C=O) groups is 2. The van der Waals surface area contributed by atoms with Crippen LogP contribution in [0.5, 0.6) is 0 Å². The molecular weight excluding hydrogens is 923 g/mol. The molecule has 0 aliphatic rings. The molecule has 0 fully saturated rings. The molecule has 2 atom stereocenters. The summed E-state index contributed by atoms with van der Waals surface area (Å²) < 4.78 is 5.47. The van der Waals surface area contributed by atoms with Crippen LogP contribution in [0.25, 0.3) is 0 Å². The number of hydrogen-bond acceptors (Lipinski definition) is 5. The number of allylic oxidation sites excluding steroid dienone is 7. The van der Waals surface area contributed by atoms with Crippen molar-refractivity contribution in [3.8, 4) is 0 Å². The third-order valence-electron chi connectivity index (χ3n) is 15.3. The van der Waals surface area contributed by atoms with Crippen molar-refractivity contribution < 1.29 is 24.5 Å². The highest BCUT2D eigenvalue weighted by Gasteiger charge is 2.18. The summed E-state index contributed by atoms with van der Waals surface area (Å²) in [6, 6.07) is -0.642. The Morgan fingerprint density at radius 3 is 1.03 bits per heavy atom. The van der Waals surface area contributed by atoms with Crippen LogP contribution in [0.1, 0.15) is 354 Å². The van der Waals surface area contributed by atoms with Crippen LogP contribution in [0.3, 0.4) is 0 Å². The normalized spacial score (nSPS) is 12.9. The zero-order valence-corrected chi connectivity index (χ0v) is 50.3. The Morgan fingerprint density at radius 2 is 0.667 bits per heavy atom. The van der Waals surface area contributed by atoms with E-state index in [2.05, 4.69) is 55.6 Å². The number of nitrogens with one attached hydrogen (secondary N) is 1. The van der Waals surface area contributed by atoms with Gasteiger partial charge in [-0.2, -0.15) is 0 Å². The number of carbonyl (C=O) groups excluding carboxylic acids is 2. The fourth-order valence-corrected chi connectivity index (χ4v) is 10.2. The lowest BCUT2D eigenvalue weighted by Crippen LogP contribution is -2.45. The van der Waals surface area contributed by atoms with Gasteiger partial charge in [-0.25, -0.2) is 0 Å². The first-order chi connectivity index (χ1) is 37.0. The Bertz CT molecular complexity index is 1260. The van der Waals surface area contributed by atoms with E-state index in [9.17, 15) is 19.8 Å². The minimum Gasteiger partial charge on any atom is -0.466 e. The van der Waals surface area contributed by atoms with Crippen molar-refractivity contribution in [2.24, 2.45) is 0 Å². The van der Waals surface area contributed by atoms with E-state index in [1.807, 2.05) is 6.08 Å². The van der Waals surface area contributed by atoms with Crippen LogP contribution in [-0.4, -0.2) is 47.4 Å². The second-order valence-electron chi connectivity index (χ2n) is 22.8. The molecule has 75 heavy (non-hydrogen) atoms. The van der Waals surface area contributed by atoms with Crippen molar-refractivity contribution in [1.82, 2.24) is 5.32 Å².